The fraction of sp³-hybridized carbons (Fsp3) is 0.667. The van der Waals surface area contributed by atoms with Crippen LogP contribution in [0.4, 0.5) is 5.69 Å². The van der Waals surface area contributed by atoms with E-state index in [2.05, 4.69) is 30.9 Å². The first kappa shape index (κ1) is 19.2. The van der Waals surface area contributed by atoms with Crippen LogP contribution >= 0.6 is 0 Å². The average Bonchev–Trinajstić information content (AvgIpc) is 3.23. The molecule has 26 heavy (non-hydrogen) atoms. The average molecular weight is 360 g/mol. The minimum Gasteiger partial charge on any atom is -0.372 e. The van der Waals surface area contributed by atoms with E-state index in [4.69, 9.17) is 9.47 Å². The maximum absolute atomic E-state index is 12.8. The number of carbonyl (C=O) groups excluding carboxylic acids is 1. The van der Waals surface area contributed by atoms with Crippen molar-refractivity contribution in [3.8, 4) is 0 Å². The van der Waals surface area contributed by atoms with Gasteiger partial charge in [-0.2, -0.15) is 0 Å². The number of amides is 1. The highest BCUT2D eigenvalue weighted by atomic mass is 16.7. The number of rotatable bonds is 7. The van der Waals surface area contributed by atoms with Gasteiger partial charge in [-0.15, -0.1) is 0 Å². The highest BCUT2D eigenvalue weighted by molar-refractivity contribution is 5.94. The Morgan fingerprint density at radius 1 is 1.12 bits per heavy atom. The van der Waals surface area contributed by atoms with Crippen LogP contribution in [0.15, 0.2) is 24.3 Å². The van der Waals surface area contributed by atoms with Gasteiger partial charge in [-0.25, -0.2) is 0 Å². The van der Waals surface area contributed by atoms with Crippen LogP contribution in [0.25, 0.3) is 0 Å². The quantitative estimate of drug-likeness (QED) is 0.746. The van der Waals surface area contributed by atoms with Crippen molar-refractivity contribution < 1.29 is 14.3 Å². The minimum atomic E-state index is -0.0605. The van der Waals surface area contributed by atoms with Gasteiger partial charge in [0.1, 0.15) is 0 Å². The molecule has 0 saturated carbocycles. The summed E-state index contributed by atoms with van der Waals surface area (Å²) >= 11 is 0. The number of hydrogen-bond acceptors (Lipinski definition) is 4. The number of nitrogens with zero attached hydrogens (tertiary/aromatic N) is 2. The molecule has 0 bridgehead atoms. The Labute approximate surface area is 157 Å². The Kier molecular flexibility index (Phi) is 6.92. The lowest BCUT2D eigenvalue weighted by Gasteiger charge is -2.34. The minimum absolute atomic E-state index is 0.0605. The van der Waals surface area contributed by atoms with Crippen LogP contribution in [-0.4, -0.2) is 56.5 Å². The summed E-state index contributed by atoms with van der Waals surface area (Å²) in [6, 6.07) is 8.11. The Bertz CT molecular complexity index is 561. The van der Waals surface area contributed by atoms with Gasteiger partial charge in [0, 0.05) is 43.3 Å². The van der Waals surface area contributed by atoms with Crippen molar-refractivity contribution in [3.63, 3.8) is 0 Å². The van der Waals surface area contributed by atoms with Crippen LogP contribution in [0.1, 0.15) is 49.9 Å². The van der Waals surface area contributed by atoms with E-state index in [1.54, 1.807) is 0 Å². The summed E-state index contributed by atoms with van der Waals surface area (Å²) in [5.41, 5.74) is 1.99. The molecule has 0 unspecified atom stereocenters. The second-order valence-electron chi connectivity index (χ2n) is 7.22. The number of benzene rings is 1. The number of unbranched alkanes of at least 4 members (excludes halogenated alkanes) is 1. The molecule has 0 N–H and O–H groups in total. The molecule has 0 aromatic heterocycles. The third-order valence-corrected chi connectivity index (χ3v) is 5.50. The molecule has 3 rings (SSSR count). The monoisotopic (exact) mass is 360 g/mol. The zero-order chi connectivity index (χ0) is 18.4. The predicted octanol–water partition coefficient (Wildman–Crippen LogP) is 3.54. The van der Waals surface area contributed by atoms with Gasteiger partial charge in [-0.05, 0) is 50.5 Å². The Balaban J connectivity index is 1.54. The summed E-state index contributed by atoms with van der Waals surface area (Å²) in [6.07, 6.45) is 4.23. The predicted molar refractivity (Wildman–Crippen MR) is 104 cm³/mol. The molecule has 2 fully saturated rings. The van der Waals surface area contributed by atoms with E-state index in [1.807, 2.05) is 17.0 Å². The van der Waals surface area contributed by atoms with Crippen LogP contribution in [0.2, 0.25) is 0 Å². The Morgan fingerprint density at radius 2 is 1.77 bits per heavy atom. The number of carbonyl (C=O) groups is 1. The van der Waals surface area contributed by atoms with Crippen molar-refractivity contribution in [3.05, 3.63) is 29.8 Å². The molecule has 1 aromatic rings. The Morgan fingerprint density at radius 3 is 2.35 bits per heavy atom. The number of anilines is 1. The van der Waals surface area contributed by atoms with E-state index in [1.165, 1.54) is 18.5 Å². The first-order valence-corrected chi connectivity index (χ1v) is 10.1. The first-order chi connectivity index (χ1) is 12.7. The van der Waals surface area contributed by atoms with Crippen LogP contribution < -0.4 is 4.90 Å². The molecule has 0 atom stereocenters. The van der Waals surface area contributed by atoms with E-state index < -0.39 is 0 Å². The summed E-state index contributed by atoms with van der Waals surface area (Å²) in [7, 11) is 0. The van der Waals surface area contributed by atoms with Crippen LogP contribution in [0.3, 0.4) is 0 Å². The molecule has 5 heteroatoms. The third kappa shape index (κ3) is 4.57. The molecule has 1 aromatic carbocycles. The van der Waals surface area contributed by atoms with Crippen molar-refractivity contribution in [2.45, 2.75) is 45.8 Å². The smallest absolute Gasteiger partial charge is 0.253 e. The van der Waals surface area contributed by atoms with Gasteiger partial charge >= 0.3 is 0 Å². The standard InChI is InChI=1S/C21H32N2O3/c1-3-5-12-22(4-2)19-8-6-17(7-9-19)20(24)23-13-10-18(11-14-23)21-25-15-16-26-21/h6-9,18,21H,3-5,10-16H2,1-2H3. The number of likely N-dealkylation sites (tertiary alicyclic amines) is 1. The van der Waals surface area contributed by atoms with Gasteiger partial charge in [0.15, 0.2) is 6.29 Å². The summed E-state index contributed by atoms with van der Waals surface area (Å²) in [5.74, 6) is 0.556. The largest absolute Gasteiger partial charge is 0.372 e. The van der Waals surface area contributed by atoms with E-state index in [9.17, 15) is 4.79 Å². The molecule has 0 spiro atoms. The maximum atomic E-state index is 12.8. The second kappa shape index (κ2) is 9.38. The van der Waals surface area contributed by atoms with Crippen LogP contribution in [0, 0.1) is 5.92 Å². The molecular formula is C21H32N2O3. The van der Waals surface area contributed by atoms with Crippen molar-refractivity contribution >= 4 is 11.6 Å². The molecule has 1 amide bonds. The van der Waals surface area contributed by atoms with Gasteiger partial charge in [0.2, 0.25) is 0 Å². The number of ether oxygens (including phenoxy) is 2. The lowest BCUT2D eigenvalue weighted by Crippen LogP contribution is -2.41. The maximum Gasteiger partial charge on any atom is 0.253 e. The van der Waals surface area contributed by atoms with Gasteiger partial charge < -0.3 is 19.3 Å². The zero-order valence-corrected chi connectivity index (χ0v) is 16.2. The van der Waals surface area contributed by atoms with Crippen molar-refractivity contribution in [1.29, 1.82) is 0 Å². The Hall–Kier alpha value is -1.59. The summed E-state index contributed by atoms with van der Waals surface area (Å²) in [4.78, 5) is 17.1. The highest BCUT2D eigenvalue weighted by Gasteiger charge is 2.32. The molecule has 2 saturated heterocycles. The van der Waals surface area contributed by atoms with E-state index in [0.29, 0.717) is 19.1 Å². The molecule has 0 aliphatic carbocycles. The molecular weight excluding hydrogens is 328 g/mol. The van der Waals surface area contributed by atoms with E-state index in [0.717, 1.165) is 44.6 Å². The second-order valence-corrected chi connectivity index (χ2v) is 7.22. The summed E-state index contributed by atoms with van der Waals surface area (Å²) in [6.45, 7) is 9.41. The summed E-state index contributed by atoms with van der Waals surface area (Å²) in [5, 5.41) is 0. The van der Waals surface area contributed by atoms with Gasteiger partial charge in [0.25, 0.3) is 5.91 Å². The third-order valence-electron chi connectivity index (χ3n) is 5.50. The van der Waals surface area contributed by atoms with E-state index >= 15 is 0 Å². The lowest BCUT2D eigenvalue weighted by atomic mass is 9.95. The topological polar surface area (TPSA) is 42.0 Å². The summed E-state index contributed by atoms with van der Waals surface area (Å²) < 4.78 is 11.2. The fourth-order valence-corrected chi connectivity index (χ4v) is 3.84. The number of piperidine rings is 1. The van der Waals surface area contributed by atoms with E-state index in [-0.39, 0.29) is 12.2 Å². The van der Waals surface area contributed by atoms with Crippen LogP contribution in [0.5, 0.6) is 0 Å². The fourth-order valence-electron chi connectivity index (χ4n) is 3.84. The molecule has 0 radical (unpaired) electrons. The molecule has 5 nitrogen and oxygen atoms in total. The van der Waals surface area contributed by atoms with Gasteiger partial charge in [-0.3, -0.25) is 4.79 Å². The van der Waals surface area contributed by atoms with Crippen molar-refractivity contribution in [1.82, 2.24) is 4.90 Å². The van der Waals surface area contributed by atoms with Gasteiger partial charge in [0.05, 0.1) is 13.2 Å². The first-order valence-electron chi connectivity index (χ1n) is 10.1. The van der Waals surface area contributed by atoms with Gasteiger partial charge in [-0.1, -0.05) is 13.3 Å². The normalized spacial score (nSPS) is 19.1. The molecule has 2 aliphatic rings. The van der Waals surface area contributed by atoms with Crippen LogP contribution in [-0.2, 0) is 9.47 Å². The number of hydrogen-bond donors (Lipinski definition) is 0. The molecule has 144 valence electrons. The molecule has 2 heterocycles. The van der Waals surface area contributed by atoms with Crippen molar-refractivity contribution in [2.24, 2.45) is 5.92 Å². The van der Waals surface area contributed by atoms with Crippen molar-refractivity contribution in [2.75, 3.05) is 44.3 Å². The molecule has 2 aliphatic heterocycles. The lowest BCUT2D eigenvalue weighted by molar-refractivity contribution is -0.0956. The SMILES string of the molecule is CCCCN(CC)c1ccc(C(=O)N2CCC(C3OCCO3)CC2)cc1. The highest BCUT2D eigenvalue weighted by Crippen LogP contribution is 2.27. The zero-order valence-electron chi connectivity index (χ0n) is 16.2.